The molecule has 2 amide bonds. The third-order valence-corrected chi connectivity index (χ3v) is 4.52. The van der Waals surface area contributed by atoms with Gasteiger partial charge in [0.2, 0.25) is 5.91 Å². The van der Waals surface area contributed by atoms with Crippen molar-refractivity contribution < 1.29 is 9.59 Å². The second kappa shape index (κ2) is 10.9. The zero-order valence-electron chi connectivity index (χ0n) is 17.0. The van der Waals surface area contributed by atoms with Crippen LogP contribution in [0.4, 0.5) is 0 Å². The van der Waals surface area contributed by atoms with E-state index in [1.54, 1.807) is 36.1 Å². The number of carbonyl (C=O) groups is 2. The second-order valence-electron chi connectivity index (χ2n) is 7.30. The minimum Gasteiger partial charge on any atom is -0.352 e. The third-order valence-electron chi connectivity index (χ3n) is 4.52. The lowest BCUT2D eigenvalue weighted by Gasteiger charge is -2.34. The molecule has 0 spiro atoms. The normalized spacial score (nSPS) is 12.6. The number of benzene rings is 2. The number of amides is 2. The topological polar surface area (TPSA) is 98.2 Å². The maximum Gasteiger partial charge on any atom is 0.254 e. The van der Waals surface area contributed by atoms with Crippen LogP contribution in [0.15, 0.2) is 65.8 Å². The zero-order valence-corrected chi connectivity index (χ0v) is 17.0. The summed E-state index contributed by atoms with van der Waals surface area (Å²) < 4.78 is 0. The lowest BCUT2D eigenvalue weighted by molar-refractivity contribution is -0.127. The molecule has 0 heterocycles. The summed E-state index contributed by atoms with van der Waals surface area (Å²) in [5.41, 5.74) is 9.96. The smallest absolute Gasteiger partial charge is 0.254 e. The first-order valence-corrected chi connectivity index (χ1v) is 9.65. The average Bonchev–Trinajstić information content (AvgIpc) is 2.72. The first kappa shape index (κ1) is 22.0. The van der Waals surface area contributed by atoms with Crippen LogP contribution in [-0.4, -0.2) is 35.3 Å². The maximum atomic E-state index is 13.3. The summed E-state index contributed by atoms with van der Waals surface area (Å²) in [5, 5.41) is 6.38. The van der Waals surface area contributed by atoms with Crippen molar-refractivity contribution in [2.24, 2.45) is 11.0 Å². The SMILES string of the molecule is CC(C)C(C(=O)N[C@@H](C)CN=[N+]=[N-])N(Cc1ccccc1)C(=O)c1ccccc1. The van der Waals surface area contributed by atoms with Crippen LogP contribution in [0, 0.1) is 5.92 Å². The Hall–Kier alpha value is -3.31. The quantitative estimate of drug-likeness (QED) is 0.393. The fourth-order valence-electron chi connectivity index (χ4n) is 3.16. The van der Waals surface area contributed by atoms with Crippen molar-refractivity contribution in [3.8, 4) is 0 Å². The molecular formula is C22H27N5O2. The number of azide groups is 1. The molecule has 29 heavy (non-hydrogen) atoms. The number of rotatable bonds is 9. The Kier molecular flexibility index (Phi) is 8.25. The van der Waals surface area contributed by atoms with E-state index in [0.717, 1.165) is 5.56 Å². The van der Waals surface area contributed by atoms with Crippen LogP contribution in [0.3, 0.4) is 0 Å². The first-order valence-electron chi connectivity index (χ1n) is 9.65. The molecule has 2 aromatic carbocycles. The van der Waals surface area contributed by atoms with Crippen molar-refractivity contribution >= 4 is 11.8 Å². The van der Waals surface area contributed by atoms with Crippen LogP contribution in [-0.2, 0) is 11.3 Å². The Morgan fingerprint density at radius 1 is 1.03 bits per heavy atom. The molecule has 152 valence electrons. The summed E-state index contributed by atoms with van der Waals surface area (Å²) >= 11 is 0. The van der Waals surface area contributed by atoms with Gasteiger partial charge in [-0.05, 0) is 36.1 Å². The number of nitrogens with one attached hydrogen (secondary N) is 1. The molecule has 2 atom stereocenters. The van der Waals surface area contributed by atoms with Gasteiger partial charge in [-0.25, -0.2) is 0 Å². The van der Waals surface area contributed by atoms with Crippen molar-refractivity contribution in [3.63, 3.8) is 0 Å². The minimum absolute atomic E-state index is 0.113. The standard InChI is InChI=1S/C22H27N5O2/c1-16(2)20(21(28)25-17(3)14-24-26-23)27(15-18-10-6-4-7-11-18)22(29)19-12-8-5-9-13-19/h4-13,16-17,20H,14-15H2,1-3H3,(H,25,28)/t17-,20?/m0/s1. The highest BCUT2D eigenvalue weighted by atomic mass is 16.2. The van der Waals surface area contributed by atoms with Gasteiger partial charge < -0.3 is 10.2 Å². The summed E-state index contributed by atoms with van der Waals surface area (Å²) in [5.74, 6) is -0.579. The minimum atomic E-state index is -0.670. The highest BCUT2D eigenvalue weighted by Crippen LogP contribution is 2.19. The number of hydrogen-bond donors (Lipinski definition) is 1. The fraction of sp³-hybridized carbons (Fsp3) is 0.364. The highest BCUT2D eigenvalue weighted by molar-refractivity contribution is 5.97. The van der Waals surface area contributed by atoms with Crippen LogP contribution >= 0.6 is 0 Å². The summed E-state index contributed by atoms with van der Waals surface area (Å²) in [6.45, 7) is 6.07. The molecule has 0 aliphatic carbocycles. The van der Waals surface area contributed by atoms with Crippen LogP contribution in [0.1, 0.15) is 36.7 Å². The van der Waals surface area contributed by atoms with Gasteiger partial charge in [0.25, 0.3) is 5.91 Å². The lowest BCUT2D eigenvalue weighted by atomic mass is 9.98. The molecule has 2 rings (SSSR count). The molecule has 1 N–H and O–H groups in total. The van der Waals surface area contributed by atoms with Crippen LogP contribution < -0.4 is 5.32 Å². The van der Waals surface area contributed by atoms with Gasteiger partial charge in [0.15, 0.2) is 0 Å². The number of nitrogens with zero attached hydrogens (tertiary/aromatic N) is 4. The molecule has 0 radical (unpaired) electrons. The Balaban J connectivity index is 2.35. The zero-order chi connectivity index (χ0) is 21.2. The highest BCUT2D eigenvalue weighted by Gasteiger charge is 2.33. The molecule has 0 aromatic heterocycles. The van der Waals surface area contributed by atoms with Crippen molar-refractivity contribution in [1.82, 2.24) is 10.2 Å². The molecule has 0 fully saturated rings. The van der Waals surface area contributed by atoms with E-state index in [9.17, 15) is 9.59 Å². The molecule has 0 aliphatic heterocycles. The Labute approximate surface area is 171 Å². The predicted molar refractivity (Wildman–Crippen MR) is 113 cm³/mol. The lowest BCUT2D eigenvalue weighted by Crippen LogP contribution is -2.53. The summed E-state index contributed by atoms with van der Waals surface area (Å²) in [4.78, 5) is 30.8. The molecule has 2 aromatic rings. The Morgan fingerprint density at radius 2 is 1.62 bits per heavy atom. The van der Waals surface area contributed by atoms with Crippen molar-refractivity contribution in [2.45, 2.75) is 39.4 Å². The number of carbonyl (C=O) groups excluding carboxylic acids is 2. The van der Waals surface area contributed by atoms with Gasteiger partial charge in [-0.15, -0.1) is 0 Å². The van der Waals surface area contributed by atoms with E-state index in [4.69, 9.17) is 5.53 Å². The van der Waals surface area contributed by atoms with E-state index in [0.29, 0.717) is 12.1 Å². The van der Waals surface area contributed by atoms with E-state index in [-0.39, 0.29) is 30.3 Å². The monoisotopic (exact) mass is 393 g/mol. The van der Waals surface area contributed by atoms with E-state index < -0.39 is 6.04 Å². The second-order valence-corrected chi connectivity index (χ2v) is 7.30. The molecule has 0 saturated carbocycles. The molecule has 7 nitrogen and oxygen atoms in total. The van der Waals surface area contributed by atoms with Gasteiger partial charge in [-0.1, -0.05) is 67.5 Å². The van der Waals surface area contributed by atoms with Crippen molar-refractivity contribution in [1.29, 1.82) is 0 Å². The van der Waals surface area contributed by atoms with Crippen LogP contribution in [0.2, 0.25) is 0 Å². The first-order chi connectivity index (χ1) is 13.9. The van der Waals surface area contributed by atoms with Gasteiger partial charge >= 0.3 is 0 Å². The van der Waals surface area contributed by atoms with Gasteiger partial charge in [0.05, 0.1) is 0 Å². The average molecular weight is 393 g/mol. The summed E-state index contributed by atoms with van der Waals surface area (Å²) in [7, 11) is 0. The molecule has 0 bridgehead atoms. The maximum absolute atomic E-state index is 13.3. The molecular weight excluding hydrogens is 366 g/mol. The summed E-state index contributed by atoms with van der Waals surface area (Å²) in [6, 6.07) is 17.6. The number of hydrogen-bond acceptors (Lipinski definition) is 3. The fourth-order valence-corrected chi connectivity index (χ4v) is 3.16. The molecule has 0 aliphatic rings. The molecule has 7 heteroatoms. The predicted octanol–water partition coefficient (Wildman–Crippen LogP) is 4.17. The van der Waals surface area contributed by atoms with Gasteiger partial charge in [-0.2, -0.15) is 0 Å². The van der Waals surface area contributed by atoms with Gasteiger partial charge in [0.1, 0.15) is 6.04 Å². The van der Waals surface area contributed by atoms with Gasteiger partial charge in [-0.3, -0.25) is 9.59 Å². The van der Waals surface area contributed by atoms with E-state index >= 15 is 0 Å². The van der Waals surface area contributed by atoms with E-state index in [2.05, 4.69) is 15.3 Å². The van der Waals surface area contributed by atoms with E-state index in [1.165, 1.54) is 0 Å². The van der Waals surface area contributed by atoms with Gasteiger partial charge in [0, 0.05) is 29.6 Å². The molecule has 0 saturated heterocycles. The molecule has 1 unspecified atom stereocenters. The van der Waals surface area contributed by atoms with Crippen LogP contribution in [0.25, 0.3) is 10.4 Å². The van der Waals surface area contributed by atoms with Crippen molar-refractivity contribution in [2.75, 3.05) is 6.54 Å². The largest absolute Gasteiger partial charge is 0.352 e. The van der Waals surface area contributed by atoms with Crippen LogP contribution in [0.5, 0.6) is 0 Å². The van der Waals surface area contributed by atoms with Crippen molar-refractivity contribution in [3.05, 3.63) is 82.2 Å². The Bertz CT molecular complexity index is 848. The van der Waals surface area contributed by atoms with E-state index in [1.807, 2.05) is 50.2 Å². The Morgan fingerprint density at radius 3 is 2.17 bits per heavy atom. The third kappa shape index (κ3) is 6.36. The summed E-state index contributed by atoms with van der Waals surface area (Å²) in [6.07, 6.45) is 0.